The summed E-state index contributed by atoms with van der Waals surface area (Å²) in [6, 6.07) is 12.6. The highest BCUT2D eigenvalue weighted by Crippen LogP contribution is 2.25. The first-order chi connectivity index (χ1) is 17.2. The van der Waals surface area contributed by atoms with E-state index in [0.29, 0.717) is 23.5 Å². The van der Waals surface area contributed by atoms with Crippen molar-refractivity contribution in [3.05, 3.63) is 53.0 Å². The number of carbonyl (C=O) groups excluding carboxylic acids is 2. The quantitative estimate of drug-likeness (QED) is 0.404. The van der Waals surface area contributed by atoms with Crippen LogP contribution in [0.4, 0.5) is 5.69 Å². The number of rotatable bonds is 9. The van der Waals surface area contributed by atoms with Gasteiger partial charge in [0.1, 0.15) is 18.5 Å². The van der Waals surface area contributed by atoms with Crippen molar-refractivity contribution in [3.8, 4) is 5.75 Å². The molecule has 0 spiro atoms. The Balaban J connectivity index is 1.23. The van der Waals surface area contributed by atoms with Crippen molar-refractivity contribution in [2.75, 3.05) is 38.1 Å². The van der Waals surface area contributed by atoms with Gasteiger partial charge >= 0.3 is 0 Å². The van der Waals surface area contributed by atoms with Crippen LogP contribution in [0.2, 0.25) is 0 Å². The zero-order valence-electron chi connectivity index (χ0n) is 20.8. The summed E-state index contributed by atoms with van der Waals surface area (Å²) in [5.41, 5.74) is 7.19. The standard InChI is InChI=1S/C26H33N5O4S/c1-16-11-30(13-21(32)15-35-22-8-9-24-23(10-22)28-18(3)36-24)12-17(2)31(16)14-25(33)29-20-6-4-19(5-7-20)26(27)34/h4-10,16-17,21,32H,11-15H2,1-3H3,(H2,27,34)(H,29,33)/t16?,17?,21-/m0/s1. The lowest BCUT2D eigenvalue weighted by molar-refractivity contribution is -0.119. The van der Waals surface area contributed by atoms with Crippen LogP contribution in [0, 0.1) is 6.92 Å². The molecule has 3 atom stereocenters. The number of benzene rings is 2. The number of hydrogen-bond donors (Lipinski definition) is 3. The van der Waals surface area contributed by atoms with E-state index in [0.717, 1.165) is 28.3 Å². The molecule has 2 unspecified atom stereocenters. The lowest BCUT2D eigenvalue weighted by Crippen LogP contribution is -2.59. The predicted molar refractivity (Wildman–Crippen MR) is 142 cm³/mol. The van der Waals surface area contributed by atoms with Crippen LogP contribution >= 0.6 is 11.3 Å². The Kier molecular flexibility index (Phi) is 8.20. The highest BCUT2D eigenvalue weighted by molar-refractivity contribution is 7.18. The van der Waals surface area contributed by atoms with Gasteiger partial charge in [0.25, 0.3) is 0 Å². The Bertz CT molecular complexity index is 1200. The summed E-state index contributed by atoms with van der Waals surface area (Å²) in [4.78, 5) is 32.7. The van der Waals surface area contributed by atoms with Crippen molar-refractivity contribution < 1.29 is 19.4 Å². The molecule has 1 aromatic heterocycles. The van der Waals surface area contributed by atoms with Crippen LogP contribution < -0.4 is 15.8 Å². The van der Waals surface area contributed by atoms with Gasteiger partial charge in [-0.3, -0.25) is 19.4 Å². The number of hydrogen-bond acceptors (Lipinski definition) is 8. The third-order valence-corrected chi connectivity index (χ3v) is 7.29. The van der Waals surface area contributed by atoms with Gasteiger partial charge in [-0.15, -0.1) is 11.3 Å². The Hall–Kier alpha value is -3.05. The number of fused-ring (bicyclic) bond motifs is 1. The fourth-order valence-corrected chi connectivity index (χ4v) is 5.47. The summed E-state index contributed by atoms with van der Waals surface area (Å²) < 4.78 is 6.95. The molecular formula is C26H33N5O4S. The maximum absolute atomic E-state index is 12.6. The second-order valence-corrected chi connectivity index (χ2v) is 10.6. The third kappa shape index (κ3) is 6.58. The average Bonchev–Trinajstić information content (AvgIpc) is 3.19. The maximum Gasteiger partial charge on any atom is 0.248 e. The van der Waals surface area contributed by atoms with Gasteiger partial charge in [0.15, 0.2) is 0 Å². The smallest absolute Gasteiger partial charge is 0.248 e. The number of nitrogens with two attached hydrogens (primary N) is 1. The van der Waals surface area contributed by atoms with Crippen LogP contribution in [-0.4, -0.2) is 82.7 Å². The van der Waals surface area contributed by atoms with E-state index in [2.05, 4.69) is 33.9 Å². The molecule has 4 rings (SSSR count). The molecule has 10 heteroatoms. The summed E-state index contributed by atoms with van der Waals surface area (Å²) in [6.45, 7) is 8.61. The van der Waals surface area contributed by atoms with Crippen molar-refractivity contribution in [3.63, 3.8) is 0 Å². The number of piperazine rings is 1. The van der Waals surface area contributed by atoms with Gasteiger partial charge in [0.2, 0.25) is 11.8 Å². The van der Waals surface area contributed by atoms with Crippen molar-refractivity contribution in [1.82, 2.24) is 14.8 Å². The first kappa shape index (κ1) is 26.0. The number of aromatic nitrogens is 1. The number of primary amides is 1. The van der Waals surface area contributed by atoms with Crippen LogP contribution in [0.3, 0.4) is 0 Å². The number of anilines is 1. The molecule has 1 aliphatic heterocycles. The van der Waals surface area contributed by atoms with Gasteiger partial charge in [-0.1, -0.05) is 0 Å². The van der Waals surface area contributed by atoms with E-state index in [4.69, 9.17) is 10.5 Å². The lowest BCUT2D eigenvalue weighted by Gasteiger charge is -2.44. The van der Waals surface area contributed by atoms with Crippen molar-refractivity contribution >= 4 is 39.1 Å². The number of nitrogens with one attached hydrogen (secondary N) is 1. The number of carbonyl (C=O) groups is 2. The number of β-amino-alcohol motifs (C(OH)–C–C–N with tert-alkyl or cyclic N) is 1. The van der Waals surface area contributed by atoms with Gasteiger partial charge in [-0.25, -0.2) is 4.98 Å². The van der Waals surface area contributed by atoms with Gasteiger partial charge in [-0.05, 0) is 57.2 Å². The number of aryl methyl sites for hydroxylation is 1. The summed E-state index contributed by atoms with van der Waals surface area (Å²) >= 11 is 1.65. The molecule has 3 aromatic rings. The van der Waals surface area contributed by atoms with Crippen LogP contribution in [0.15, 0.2) is 42.5 Å². The number of thiazole rings is 1. The van der Waals surface area contributed by atoms with Gasteiger partial charge in [-0.2, -0.15) is 0 Å². The number of nitrogens with zero attached hydrogens (tertiary/aromatic N) is 3. The van der Waals surface area contributed by atoms with Crippen LogP contribution in [0.25, 0.3) is 10.2 Å². The summed E-state index contributed by atoms with van der Waals surface area (Å²) in [5, 5.41) is 14.5. The van der Waals surface area contributed by atoms with Gasteiger partial charge < -0.3 is 20.9 Å². The summed E-state index contributed by atoms with van der Waals surface area (Å²) in [6.07, 6.45) is -0.629. The Morgan fingerprint density at radius 1 is 1.19 bits per heavy atom. The minimum absolute atomic E-state index is 0.116. The SMILES string of the molecule is Cc1nc2cc(OC[C@@H](O)CN3CC(C)N(CC(=O)Nc4ccc(C(N)=O)cc4)C(C)C3)ccc2s1. The fourth-order valence-electron chi connectivity index (χ4n) is 4.67. The van der Waals surface area contributed by atoms with Crippen LogP contribution in [-0.2, 0) is 4.79 Å². The van der Waals surface area contributed by atoms with E-state index in [9.17, 15) is 14.7 Å². The molecule has 4 N–H and O–H groups in total. The predicted octanol–water partition coefficient (Wildman–Crippen LogP) is 2.48. The lowest BCUT2D eigenvalue weighted by atomic mass is 10.1. The number of aliphatic hydroxyl groups is 1. The molecule has 2 amide bonds. The molecule has 0 bridgehead atoms. The monoisotopic (exact) mass is 511 g/mol. The number of amides is 2. The fraction of sp³-hybridized carbons (Fsp3) is 0.423. The molecule has 1 aliphatic rings. The summed E-state index contributed by atoms with van der Waals surface area (Å²) in [5.74, 6) is 0.0839. The van der Waals surface area contributed by atoms with E-state index in [-0.39, 0.29) is 31.1 Å². The zero-order chi connectivity index (χ0) is 25.8. The van der Waals surface area contributed by atoms with Crippen LogP contribution in [0.1, 0.15) is 29.2 Å². The maximum atomic E-state index is 12.6. The minimum Gasteiger partial charge on any atom is -0.491 e. The molecule has 1 saturated heterocycles. The van der Waals surface area contributed by atoms with Crippen molar-refractivity contribution in [2.24, 2.45) is 5.73 Å². The molecule has 0 radical (unpaired) electrons. The van der Waals surface area contributed by atoms with E-state index < -0.39 is 12.0 Å². The highest BCUT2D eigenvalue weighted by Gasteiger charge is 2.31. The third-order valence-electron chi connectivity index (χ3n) is 6.33. The van der Waals surface area contributed by atoms with Gasteiger partial charge in [0.05, 0.1) is 21.8 Å². The minimum atomic E-state index is -0.629. The highest BCUT2D eigenvalue weighted by atomic mass is 32.1. The summed E-state index contributed by atoms with van der Waals surface area (Å²) in [7, 11) is 0. The molecule has 2 heterocycles. The molecule has 0 aliphatic carbocycles. The van der Waals surface area contributed by atoms with Crippen LogP contribution in [0.5, 0.6) is 5.75 Å². The van der Waals surface area contributed by atoms with E-state index in [1.165, 1.54) is 0 Å². The Labute approximate surface area is 214 Å². The zero-order valence-corrected chi connectivity index (χ0v) is 21.6. The Morgan fingerprint density at radius 2 is 1.89 bits per heavy atom. The van der Waals surface area contributed by atoms with Crippen molar-refractivity contribution in [1.29, 1.82) is 0 Å². The molecule has 36 heavy (non-hydrogen) atoms. The second kappa shape index (κ2) is 11.3. The molecular weight excluding hydrogens is 478 g/mol. The normalized spacial score (nSPS) is 19.8. The molecule has 2 aromatic carbocycles. The van der Waals surface area contributed by atoms with E-state index in [1.54, 1.807) is 35.6 Å². The topological polar surface area (TPSA) is 121 Å². The van der Waals surface area contributed by atoms with Crippen molar-refractivity contribution in [2.45, 2.75) is 39.0 Å². The largest absolute Gasteiger partial charge is 0.491 e. The average molecular weight is 512 g/mol. The number of ether oxygens (including phenoxy) is 1. The number of aliphatic hydroxyl groups excluding tert-OH is 1. The second-order valence-electron chi connectivity index (χ2n) is 9.41. The first-order valence-corrected chi connectivity index (χ1v) is 12.9. The van der Waals surface area contributed by atoms with E-state index in [1.807, 2.05) is 25.1 Å². The van der Waals surface area contributed by atoms with Gasteiger partial charge in [0, 0.05) is 49.0 Å². The molecule has 9 nitrogen and oxygen atoms in total. The molecule has 0 saturated carbocycles. The molecule has 192 valence electrons. The first-order valence-electron chi connectivity index (χ1n) is 12.0. The van der Waals surface area contributed by atoms with E-state index >= 15 is 0 Å². The molecule has 1 fully saturated rings. The Morgan fingerprint density at radius 3 is 2.56 bits per heavy atom.